The van der Waals surface area contributed by atoms with Crippen LogP contribution in [-0.2, 0) is 16.1 Å². The predicted molar refractivity (Wildman–Crippen MR) is 118 cm³/mol. The topological polar surface area (TPSA) is 134 Å². The van der Waals surface area contributed by atoms with E-state index in [4.69, 9.17) is 4.74 Å². The molecular formula is C23H27N3O6. The third-order valence-electron chi connectivity index (χ3n) is 5.00. The van der Waals surface area contributed by atoms with E-state index in [0.717, 1.165) is 0 Å². The fourth-order valence-corrected chi connectivity index (χ4v) is 3.27. The molecular weight excluding hydrogens is 414 g/mol. The van der Waals surface area contributed by atoms with Crippen LogP contribution in [0.5, 0.6) is 5.75 Å². The van der Waals surface area contributed by atoms with Crippen molar-refractivity contribution in [3.05, 3.63) is 60.2 Å². The van der Waals surface area contributed by atoms with Crippen LogP contribution in [0.25, 0.3) is 6.08 Å². The van der Waals surface area contributed by atoms with E-state index in [-0.39, 0.29) is 24.2 Å². The smallest absolute Gasteiger partial charge is 0.342 e. The number of phenols is 1. The van der Waals surface area contributed by atoms with Crippen molar-refractivity contribution in [2.24, 2.45) is 0 Å². The molecule has 1 aliphatic heterocycles. The second kappa shape index (κ2) is 10.7. The van der Waals surface area contributed by atoms with E-state index in [1.54, 1.807) is 31.6 Å². The number of hydrogen-bond donors (Lipinski definition) is 4. The number of ether oxygens (including phenoxy) is 1. The monoisotopic (exact) mass is 441 g/mol. The van der Waals surface area contributed by atoms with Crippen molar-refractivity contribution >= 4 is 23.5 Å². The average molecular weight is 441 g/mol. The van der Waals surface area contributed by atoms with Crippen LogP contribution in [0, 0.1) is 0 Å². The molecule has 0 unspecified atom stereocenters. The summed E-state index contributed by atoms with van der Waals surface area (Å²) in [5, 5.41) is 33.9. The number of phenolic OH excluding ortho intramolecular Hbond substituents is 1. The molecule has 0 aliphatic carbocycles. The molecule has 1 aromatic carbocycles. The highest BCUT2D eigenvalue weighted by atomic mass is 16.5. The summed E-state index contributed by atoms with van der Waals surface area (Å²) in [6, 6.07) is 3.14. The molecule has 1 aliphatic rings. The number of carbonyl (C=O) groups excluding carboxylic acids is 2. The van der Waals surface area contributed by atoms with Crippen molar-refractivity contribution in [2.45, 2.75) is 44.6 Å². The molecule has 0 saturated carbocycles. The molecule has 170 valence electrons. The summed E-state index contributed by atoms with van der Waals surface area (Å²) in [7, 11) is 0. The Bertz CT molecular complexity index is 999. The molecule has 0 fully saturated rings. The number of aliphatic hydroxyl groups is 2. The number of fused-ring (bicyclic) bond motifs is 1. The normalized spacial score (nSPS) is 24.2. The number of carbonyl (C=O) groups is 2. The van der Waals surface area contributed by atoms with Crippen molar-refractivity contribution in [1.29, 1.82) is 0 Å². The van der Waals surface area contributed by atoms with E-state index in [2.05, 4.69) is 10.3 Å². The van der Waals surface area contributed by atoms with E-state index < -0.39 is 30.1 Å². The number of nitrogens with one attached hydrogen (secondary N) is 1. The third-order valence-corrected chi connectivity index (χ3v) is 5.00. The van der Waals surface area contributed by atoms with E-state index in [1.165, 1.54) is 24.3 Å². The number of hydrogen-bond acceptors (Lipinski definition) is 8. The van der Waals surface area contributed by atoms with Crippen molar-refractivity contribution in [3.63, 3.8) is 0 Å². The zero-order chi connectivity index (χ0) is 23.1. The van der Waals surface area contributed by atoms with Crippen LogP contribution in [-0.4, -0.2) is 61.5 Å². The SMILES string of the molecule is C[C@H]1C/C=C\C(=O)[C@@H](O)[C@@H](O)C/C=C/c2cc(NCCn3ccnc3)cc(O)c2C(=O)O1. The number of aromatic nitrogens is 2. The summed E-state index contributed by atoms with van der Waals surface area (Å²) in [4.78, 5) is 28.7. The second-order valence-electron chi connectivity index (χ2n) is 7.59. The van der Waals surface area contributed by atoms with Gasteiger partial charge >= 0.3 is 5.97 Å². The first kappa shape index (κ1) is 23.2. The van der Waals surface area contributed by atoms with Gasteiger partial charge in [0.1, 0.15) is 23.5 Å². The Hall–Kier alpha value is -3.43. The Kier molecular flexibility index (Phi) is 7.80. The number of cyclic esters (lactones) is 1. The summed E-state index contributed by atoms with van der Waals surface area (Å²) in [6.45, 7) is 2.86. The Morgan fingerprint density at radius 2 is 1.97 bits per heavy atom. The molecule has 0 spiro atoms. The quantitative estimate of drug-likeness (QED) is 0.529. The van der Waals surface area contributed by atoms with Gasteiger partial charge in [-0.25, -0.2) is 9.78 Å². The van der Waals surface area contributed by atoms with E-state index in [9.17, 15) is 24.9 Å². The van der Waals surface area contributed by atoms with E-state index in [0.29, 0.717) is 24.3 Å². The highest BCUT2D eigenvalue weighted by molar-refractivity contribution is 5.97. The highest BCUT2D eigenvalue weighted by Crippen LogP contribution is 2.29. The van der Waals surface area contributed by atoms with Crippen LogP contribution < -0.4 is 5.32 Å². The maximum atomic E-state index is 12.7. The Morgan fingerprint density at radius 3 is 2.72 bits per heavy atom. The van der Waals surface area contributed by atoms with Gasteiger partial charge in [0, 0.05) is 43.7 Å². The molecule has 4 N–H and O–H groups in total. The van der Waals surface area contributed by atoms with Gasteiger partial charge in [-0.15, -0.1) is 0 Å². The molecule has 0 bridgehead atoms. The number of imidazole rings is 1. The molecule has 3 rings (SSSR count). The summed E-state index contributed by atoms with van der Waals surface area (Å²) in [5.74, 6) is -1.56. The molecule has 1 aromatic heterocycles. The van der Waals surface area contributed by atoms with Gasteiger partial charge in [-0.05, 0) is 31.1 Å². The van der Waals surface area contributed by atoms with Gasteiger partial charge < -0.3 is 29.9 Å². The lowest BCUT2D eigenvalue weighted by atomic mass is 10.0. The molecule has 2 heterocycles. The number of aliphatic hydroxyl groups excluding tert-OH is 2. The van der Waals surface area contributed by atoms with Crippen LogP contribution in [0.2, 0.25) is 0 Å². The van der Waals surface area contributed by atoms with Crippen LogP contribution >= 0.6 is 0 Å². The number of esters is 1. The highest BCUT2D eigenvalue weighted by Gasteiger charge is 2.23. The standard InChI is InChI=1S/C23H27N3O6/c1-15-4-2-6-18(27)22(30)19(28)7-3-5-16-12-17(13-20(29)21(16)23(31)32-15)25-9-11-26-10-8-24-14-26/h2-3,5-6,8,10,12-15,19,22,25,28-30H,4,7,9,11H2,1H3/b5-3+,6-2-/t15-,19-,22+/m0/s1. The molecule has 32 heavy (non-hydrogen) atoms. The number of ketones is 1. The number of aromatic hydroxyl groups is 1. The van der Waals surface area contributed by atoms with Crippen molar-refractivity contribution in [2.75, 3.05) is 11.9 Å². The maximum Gasteiger partial charge on any atom is 0.342 e. The van der Waals surface area contributed by atoms with Gasteiger partial charge in [-0.3, -0.25) is 4.79 Å². The summed E-state index contributed by atoms with van der Waals surface area (Å²) in [5.41, 5.74) is 0.972. The van der Waals surface area contributed by atoms with Gasteiger partial charge in [0.15, 0.2) is 5.78 Å². The molecule has 9 heteroatoms. The summed E-state index contributed by atoms with van der Waals surface area (Å²) in [6.07, 6.45) is 7.72. The van der Waals surface area contributed by atoms with Crippen LogP contribution in [0.3, 0.4) is 0 Å². The zero-order valence-corrected chi connectivity index (χ0v) is 17.7. The van der Waals surface area contributed by atoms with Crippen LogP contribution in [0.4, 0.5) is 5.69 Å². The summed E-state index contributed by atoms with van der Waals surface area (Å²) < 4.78 is 7.31. The maximum absolute atomic E-state index is 12.7. The Balaban J connectivity index is 1.86. The van der Waals surface area contributed by atoms with E-state index >= 15 is 0 Å². The van der Waals surface area contributed by atoms with Gasteiger partial charge in [-0.1, -0.05) is 18.2 Å². The van der Waals surface area contributed by atoms with Crippen LogP contribution in [0.15, 0.2) is 49.1 Å². The van der Waals surface area contributed by atoms with Gasteiger partial charge in [-0.2, -0.15) is 0 Å². The number of nitrogens with zero attached hydrogens (tertiary/aromatic N) is 2. The Labute approximate surface area is 185 Å². The van der Waals surface area contributed by atoms with Gasteiger partial charge in [0.2, 0.25) is 0 Å². The fraction of sp³-hybridized carbons (Fsp3) is 0.348. The molecule has 3 atom stereocenters. The average Bonchev–Trinajstić information content (AvgIpc) is 3.25. The van der Waals surface area contributed by atoms with E-state index in [1.807, 2.05) is 10.8 Å². The van der Waals surface area contributed by atoms with Crippen molar-refractivity contribution in [1.82, 2.24) is 9.55 Å². The number of anilines is 1. The lowest BCUT2D eigenvalue weighted by Crippen LogP contribution is -2.32. The zero-order valence-electron chi connectivity index (χ0n) is 17.7. The minimum absolute atomic E-state index is 0.000383. The molecule has 0 amide bonds. The Morgan fingerprint density at radius 1 is 1.19 bits per heavy atom. The first-order valence-corrected chi connectivity index (χ1v) is 10.4. The minimum atomic E-state index is -1.55. The lowest BCUT2D eigenvalue weighted by Gasteiger charge is -2.17. The molecule has 0 saturated heterocycles. The minimum Gasteiger partial charge on any atom is -0.507 e. The van der Waals surface area contributed by atoms with Crippen molar-refractivity contribution in [3.8, 4) is 5.75 Å². The fourth-order valence-electron chi connectivity index (χ4n) is 3.27. The molecule has 2 aromatic rings. The number of rotatable bonds is 4. The van der Waals surface area contributed by atoms with Crippen molar-refractivity contribution < 1.29 is 29.6 Å². The number of benzene rings is 1. The van der Waals surface area contributed by atoms with Gasteiger partial charge in [0.25, 0.3) is 0 Å². The second-order valence-corrected chi connectivity index (χ2v) is 7.59. The predicted octanol–water partition coefficient (Wildman–Crippen LogP) is 1.90. The lowest BCUT2D eigenvalue weighted by molar-refractivity contribution is -0.127. The first-order valence-electron chi connectivity index (χ1n) is 10.4. The molecule has 0 radical (unpaired) electrons. The first-order chi connectivity index (χ1) is 15.3. The molecule has 9 nitrogen and oxygen atoms in total. The largest absolute Gasteiger partial charge is 0.507 e. The summed E-state index contributed by atoms with van der Waals surface area (Å²) >= 11 is 0. The van der Waals surface area contributed by atoms with Crippen LogP contribution in [0.1, 0.15) is 35.7 Å². The third kappa shape index (κ3) is 6.05. The van der Waals surface area contributed by atoms with Gasteiger partial charge in [0.05, 0.1) is 12.4 Å².